The van der Waals surface area contributed by atoms with Crippen LogP contribution in [0.25, 0.3) is 0 Å². The minimum atomic E-state index is -0.104. The molecule has 106 valence electrons. The molecule has 1 N–H and O–H groups in total. The Kier molecular flexibility index (Phi) is 5.37. The standard InChI is InChI=1S/C13H13Cl2N3OS/c1-18(7-9-2-3-10(14)6-11(9)15)8-12(19)17-13-16-4-5-20-13/h2-6H,7-8H2,1H3,(H,16,17,19). The highest BCUT2D eigenvalue weighted by Gasteiger charge is 2.10. The summed E-state index contributed by atoms with van der Waals surface area (Å²) in [6.07, 6.45) is 1.65. The van der Waals surface area contributed by atoms with Gasteiger partial charge in [-0.1, -0.05) is 29.3 Å². The van der Waals surface area contributed by atoms with Crippen molar-refractivity contribution in [3.05, 3.63) is 45.4 Å². The second-order valence-corrected chi connectivity index (χ2v) is 6.03. The average Bonchev–Trinajstić information content (AvgIpc) is 2.85. The maximum atomic E-state index is 11.8. The van der Waals surface area contributed by atoms with Gasteiger partial charge in [-0.2, -0.15) is 0 Å². The van der Waals surface area contributed by atoms with Gasteiger partial charge in [0, 0.05) is 28.2 Å². The number of anilines is 1. The fraction of sp³-hybridized carbons (Fsp3) is 0.231. The van der Waals surface area contributed by atoms with E-state index in [1.807, 2.05) is 23.4 Å². The first-order chi connectivity index (χ1) is 9.54. The van der Waals surface area contributed by atoms with Crippen LogP contribution in [0.5, 0.6) is 0 Å². The third kappa shape index (κ3) is 4.45. The van der Waals surface area contributed by atoms with E-state index in [0.29, 0.717) is 21.7 Å². The summed E-state index contributed by atoms with van der Waals surface area (Å²) < 4.78 is 0. The van der Waals surface area contributed by atoms with Crippen LogP contribution in [-0.4, -0.2) is 29.4 Å². The van der Waals surface area contributed by atoms with Gasteiger partial charge in [-0.3, -0.25) is 9.69 Å². The monoisotopic (exact) mass is 329 g/mol. The lowest BCUT2D eigenvalue weighted by Gasteiger charge is -2.16. The Morgan fingerprint density at radius 2 is 2.25 bits per heavy atom. The SMILES string of the molecule is CN(CC(=O)Nc1nccs1)Cc1ccc(Cl)cc1Cl. The van der Waals surface area contributed by atoms with Crippen LogP contribution in [0.3, 0.4) is 0 Å². The lowest BCUT2D eigenvalue weighted by atomic mass is 10.2. The number of likely N-dealkylation sites (N-methyl/N-ethyl adjacent to an activating group) is 1. The van der Waals surface area contributed by atoms with Gasteiger partial charge in [0.05, 0.1) is 6.54 Å². The summed E-state index contributed by atoms with van der Waals surface area (Å²) >= 11 is 13.3. The summed E-state index contributed by atoms with van der Waals surface area (Å²) in [6.45, 7) is 0.833. The van der Waals surface area contributed by atoms with Gasteiger partial charge >= 0.3 is 0 Å². The zero-order chi connectivity index (χ0) is 14.5. The van der Waals surface area contributed by atoms with Crippen molar-refractivity contribution in [2.75, 3.05) is 18.9 Å². The number of benzene rings is 1. The highest BCUT2D eigenvalue weighted by Crippen LogP contribution is 2.22. The highest BCUT2D eigenvalue weighted by atomic mass is 35.5. The molecular formula is C13H13Cl2N3OS. The molecule has 1 aromatic carbocycles. The Hall–Kier alpha value is -1.14. The fourth-order valence-electron chi connectivity index (χ4n) is 1.69. The van der Waals surface area contributed by atoms with Crippen molar-refractivity contribution in [3.63, 3.8) is 0 Å². The molecule has 4 nitrogen and oxygen atoms in total. The van der Waals surface area contributed by atoms with Crippen LogP contribution in [0, 0.1) is 0 Å². The molecule has 0 unspecified atom stereocenters. The Morgan fingerprint density at radius 3 is 2.90 bits per heavy atom. The molecule has 0 fully saturated rings. The van der Waals surface area contributed by atoms with Crippen LogP contribution in [0.1, 0.15) is 5.56 Å². The lowest BCUT2D eigenvalue weighted by molar-refractivity contribution is -0.117. The van der Waals surface area contributed by atoms with Crippen molar-refractivity contribution in [1.82, 2.24) is 9.88 Å². The van der Waals surface area contributed by atoms with Gasteiger partial charge in [0.1, 0.15) is 0 Å². The van der Waals surface area contributed by atoms with E-state index >= 15 is 0 Å². The smallest absolute Gasteiger partial charge is 0.240 e. The van der Waals surface area contributed by atoms with Crippen LogP contribution in [0.15, 0.2) is 29.8 Å². The molecule has 0 saturated heterocycles. The van der Waals surface area contributed by atoms with E-state index in [-0.39, 0.29) is 12.5 Å². The third-order valence-electron chi connectivity index (χ3n) is 2.55. The van der Waals surface area contributed by atoms with Gasteiger partial charge in [0.15, 0.2) is 5.13 Å². The number of nitrogens with one attached hydrogen (secondary N) is 1. The number of hydrogen-bond acceptors (Lipinski definition) is 4. The quantitative estimate of drug-likeness (QED) is 0.912. The van der Waals surface area contributed by atoms with E-state index < -0.39 is 0 Å². The molecule has 20 heavy (non-hydrogen) atoms. The van der Waals surface area contributed by atoms with Crippen LogP contribution >= 0.6 is 34.5 Å². The number of aromatic nitrogens is 1. The van der Waals surface area contributed by atoms with Gasteiger partial charge in [0.2, 0.25) is 5.91 Å². The molecule has 7 heteroatoms. The Bertz CT molecular complexity index is 589. The first kappa shape index (κ1) is 15.3. The summed E-state index contributed by atoms with van der Waals surface area (Å²) in [4.78, 5) is 17.7. The zero-order valence-electron chi connectivity index (χ0n) is 10.8. The van der Waals surface area contributed by atoms with Gasteiger partial charge in [-0.25, -0.2) is 4.98 Å². The molecule has 0 spiro atoms. The summed E-state index contributed by atoms with van der Waals surface area (Å²) in [5, 5.41) is 6.35. The summed E-state index contributed by atoms with van der Waals surface area (Å²) in [7, 11) is 1.85. The molecule has 2 aromatic rings. The average molecular weight is 330 g/mol. The summed E-state index contributed by atoms with van der Waals surface area (Å²) in [5.74, 6) is -0.104. The highest BCUT2D eigenvalue weighted by molar-refractivity contribution is 7.13. The van der Waals surface area contributed by atoms with Crippen molar-refractivity contribution in [1.29, 1.82) is 0 Å². The Morgan fingerprint density at radius 1 is 1.45 bits per heavy atom. The molecule has 1 heterocycles. The Labute approximate surface area is 131 Å². The molecule has 0 atom stereocenters. The fourth-order valence-corrected chi connectivity index (χ4v) is 2.70. The van der Waals surface area contributed by atoms with Crippen LogP contribution in [-0.2, 0) is 11.3 Å². The molecule has 2 rings (SSSR count). The second kappa shape index (κ2) is 7.04. The molecule has 1 aromatic heterocycles. The summed E-state index contributed by atoms with van der Waals surface area (Å²) in [6, 6.07) is 5.34. The van der Waals surface area contributed by atoms with Crippen LogP contribution < -0.4 is 5.32 Å². The van der Waals surface area contributed by atoms with Gasteiger partial charge < -0.3 is 5.32 Å². The first-order valence-corrected chi connectivity index (χ1v) is 7.50. The molecule has 1 amide bonds. The third-order valence-corrected chi connectivity index (χ3v) is 3.82. The predicted molar refractivity (Wildman–Crippen MR) is 83.5 cm³/mol. The largest absolute Gasteiger partial charge is 0.301 e. The lowest BCUT2D eigenvalue weighted by Crippen LogP contribution is -2.29. The number of hydrogen-bond donors (Lipinski definition) is 1. The number of halogens is 2. The van der Waals surface area contributed by atoms with E-state index in [9.17, 15) is 4.79 Å². The van der Waals surface area contributed by atoms with E-state index in [4.69, 9.17) is 23.2 Å². The van der Waals surface area contributed by atoms with Crippen LogP contribution in [0.4, 0.5) is 5.13 Å². The molecule has 0 bridgehead atoms. The number of carbonyl (C=O) groups is 1. The number of thiazole rings is 1. The van der Waals surface area contributed by atoms with Gasteiger partial charge in [-0.15, -0.1) is 11.3 Å². The van der Waals surface area contributed by atoms with Gasteiger partial charge in [-0.05, 0) is 24.7 Å². The molecule has 0 aliphatic heterocycles. The number of nitrogens with zero attached hydrogens (tertiary/aromatic N) is 2. The number of amides is 1. The van der Waals surface area contributed by atoms with E-state index in [0.717, 1.165) is 5.56 Å². The first-order valence-electron chi connectivity index (χ1n) is 5.86. The molecule has 0 saturated carbocycles. The zero-order valence-corrected chi connectivity index (χ0v) is 13.1. The minimum Gasteiger partial charge on any atom is -0.301 e. The predicted octanol–water partition coefficient (Wildman–Crippen LogP) is 3.52. The van der Waals surface area contributed by atoms with Crippen molar-refractivity contribution in [3.8, 4) is 0 Å². The maximum absolute atomic E-state index is 11.8. The Balaban J connectivity index is 1.88. The maximum Gasteiger partial charge on any atom is 0.240 e. The second-order valence-electron chi connectivity index (χ2n) is 4.29. The van der Waals surface area contributed by atoms with Gasteiger partial charge in [0.25, 0.3) is 0 Å². The topological polar surface area (TPSA) is 45.2 Å². The molecular weight excluding hydrogens is 317 g/mol. The van der Waals surface area contributed by atoms with Crippen molar-refractivity contribution in [2.24, 2.45) is 0 Å². The number of carbonyl (C=O) groups excluding carboxylic acids is 1. The molecule has 0 aliphatic rings. The van der Waals surface area contributed by atoms with Crippen molar-refractivity contribution >= 4 is 45.6 Å². The van der Waals surface area contributed by atoms with Crippen molar-refractivity contribution in [2.45, 2.75) is 6.54 Å². The molecule has 0 radical (unpaired) electrons. The summed E-state index contributed by atoms with van der Waals surface area (Å²) in [5.41, 5.74) is 0.931. The van der Waals surface area contributed by atoms with E-state index in [2.05, 4.69) is 10.3 Å². The minimum absolute atomic E-state index is 0.104. The van der Waals surface area contributed by atoms with E-state index in [1.165, 1.54) is 11.3 Å². The normalized spacial score (nSPS) is 10.8. The number of rotatable bonds is 5. The van der Waals surface area contributed by atoms with Crippen molar-refractivity contribution < 1.29 is 4.79 Å². The molecule has 0 aliphatic carbocycles. The van der Waals surface area contributed by atoms with E-state index in [1.54, 1.807) is 18.3 Å². The van der Waals surface area contributed by atoms with Crippen LogP contribution in [0.2, 0.25) is 10.0 Å².